The summed E-state index contributed by atoms with van der Waals surface area (Å²) in [6, 6.07) is 21.7. The molecular formula is C38H40N6O8S2. The lowest BCUT2D eigenvalue weighted by molar-refractivity contribution is 0.195. The van der Waals surface area contributed by atoms with Gasteiger partial charge in [0.05, 0.1) is 11.4 Å². The van der Waals surface area contributed by atoms with Crippen molar-refractivity contribution in [2.45, 2.75) is 61.2 Å². The lowest BCUT2D eigenvalue weighted by Crippen LogP contribution is -2.57. The van der Waals surface area contributed by atoms with E-state index in [4.69, 9.17) is 22.5 Å². The van der Waals surface area contributed by atoms with Crippen LogP contribution in [0.25, 0.3) is 11.1 Å². The molecule has 0 fully saturated rings. The van der Waals surface area contributed by atoms with Crippen molar-refractivity contribution < 1.29 is 36.2 Å². The minimum Gasteiger partial charge on any atom is -0.384 e. The van der Waals surface area contributed by atoms with E-state index >= 15 is 0 Å². The minimum atomic E-state index is -5.20. The molecule has 2 aliphatic carbocycles. The number of hydrogen-bond donors (Lipinski definition) is 8. The standard InChI is InChI=1S/C38H40N6O8S2/c1-3-9-23-19-21(15-17-27(23)37(53(47,48)49)29-13-7-5-11-25(29)31(39)33(43-41)35(37)45)22-16-18-28(24(20-22)10-4-2)38(54(50,51)52)30-14-8-6-12-26(30)32(40)34(44-42)36(38)46/h5-8,11-20,35-36,39-40,45-46H,3-4,9-10,41-42H2,1-2H3,(H,47,48,49)(H,50,51,52)/b39-31?,40-32?,43-33-,44-34+. The molecule has 0 aliphatic heterocycles. The first-order valence-electron chi connectivity index (χ1n) is 17.1. The summed E-state index contributed by atoms with van der Waals surface area (Å²) in [5.74, 6) is 11.2. The van der Waals surface area contributed by atoms with E-state index in [1.165, 1.54) is 36.4 Å². The van der Waals surface area contributed by atoms with Crippen LogP contribution in [0.1, 0.15) is 71.2 Å². The summed E-state index contributed by atoms with van der Waals surface area (Å²) in [6.45, 7) is 3.75. The van der Waals surface area contributed by atoms with Crippen molar-refractivity contribution in [2.24, 2.45) is 21.9 Å². The minimum absolute atomic E-state index is 0.0209. The van der Waals surface area contributed by atoms with Crippen LogP contribution >= 0.6 is 0 Å². The lowest BCUT2D eigenvalue weighted by atomic mass is 9.72. The van der Waals surface area contributed by atoms with Gasteiger partial charge in [0.25, 0.3) is 20.2 Å². The maximum absolute atomic E-state index is 13.7. The third kappa shape index (κ3) is 5.43. The van der Waals surface area contributed by atoms with Crippen molar-refractivity contribution in [2.75, 3.05) is 0 Å². The summed E-state index contributed by atoms with van der Waals surface area (Å²) in [5, 5.41) is 47.9. The number of aryl methyl sites for hydroxylation is 2. The van der Waals surface area contributed by atoms with E-state index in [1.54, 1.807) is 48.5 Å². The van der Waals surface area contributed by atoms with Crippen LogP contribution < -0.4 is 11.7 Å². The van der Waals surface area contributed by atoms with Crippen LogP contribution in [0, 0.1) is 10.8 Å². The van der Waals surface area contributed by atoms with Gasteiger partial charge in [-0.2, -0.15) is 27.0 Å². The Morgan fingerprint density at radius 3 is 1.28 bits per heavy atom. The number of aliphatic hydroxyl groups is 2. The Morgan fingerprint density at radius 2 is 0.963 bits per heavy atom. The smallest absolute Gasteiger partial charge is 0.282 e. The highest BCUT2D eigenvalue weighted by molar-refractivity contribution is 7.87. The van der Waals surface area contributed by atoms with Crippen molar-refractivity contribution >= 4 is 43.1 Å². The van der Waals surface area contributed by atoms with Crippen molar-refractivity contribution in [1.82, 2.24) is 0 Å². The largest absolute Gasteiger partial charge is 0.384 e. The van der Waals surface area contributed by atoms with Crippen molar-refractivity contribution in [3.63, 3.8) is 0 Å². The number of hydrazone groups is 2. The molecule has 4 aromatic carbocycles. The normalized spacial score (nSPS) is 24.4. The molecule has 0 saturated heterocycles. The van der Waals surface area contributed by atoms with Crippen molar-refractivity contribution in [1.29, 1.82) is 10.8 Å². The van der Waals surface area contributed by atoms with Gasteiger partial charge in [0.2, 0.25) is 0 Å². The Morgan fingerprint density at radius 1 is 0.611 bits per heavy atom. The first-order valence-corrected chi connectivity index (χ1v) is 20.0. The van der Waals surface area contributed by atoms with E-state index in [0.717, 1.165) is 0 Å². The van der Waals surface area contributed by atoms with Crippen LogP contribution in [-0.4, -0.2) is 71.2 Å². The molecule has 0 radical (unpaired) electrons. The summed E-state index contributed by atoms with van der Waals surface area (Å²) in [7, 11) is -10.4. The average molecular weight is 773 g/mol. The molecule has 0 bridgehead atoms. The topological polar surface area (TPSA) is 274 Å². The van der Waals surface area contributed by atoms with Crippen LogP contribution in [0.2, 0.25) is 0 Å². The van der Waals surface area contributed by atoms with Gasteiger partial charge in [-0.25, -0.2) is 0 Å². The van der Waals surface area contributed by atoms with E-state index in [-0.39, 0.29) is 44.8 Å². The Bertz CT molecular complexity index is 2330. The highest BCUT2D eigenvalue weighted by Crippen LogP contribution is 2.50. The second-order valence-corrected chi connectivity index (χ2v) is 16.5. The Labute approximate surface area is 312 Å². The summed E-state index contributed by atoms with van der Waals surface area (Å²) in [4.78, 5) is 0. The average Bonchev–Trinajstić information content (AvgIpc) is 3.12. The predicted molar refractivity (Wildman–Crippen MR) is 206 cm³/mol. The lowest BCUT2D eigenvalue weighted by Gasteiger charge is -2.42. The molecule has 0 heterocycles. The van der Waals surface area contributed by atoms with Crippen LogP contribution in [0.3, 0.4) is 0 Å². The number of aliphatic hydroxyl groups excluding tert-OH is 2. The molecule has 0 amide bonds. The number of hydrogen-bond acceptors (Lipinski definition) is 12. The van der Waals surface area contributed by atoms with Crippen molar-refractivity contribution in [3.8, 4) is 11.1 Å². The third-order valence-electron chi connectivity index (χ3n) is 10.5. The zero-order valence-corrected chi connectivity index (χ0v) is 31.0. The van der Waals surface area contributed by atoms with Gasteiger partial charge < -0.3 is 21.9 Å². The second-order valence-electron chi connectivity index (χ2n) is 13.3. The summed E-state index contributed by atoms with van der Waals surface area (Å²) in [6.07, 6.45) is -2.47. The van der Waals surface area contributed by atoms with Crippen LogP contribution in [-0.2, 0) is 42.6 Å². The van der Waals surface area contributed by atoms with E-state index in [0.29, 0.717) is 47.9 Å². The number of nitrogens with one attached hydrogen (secondary N) is 2. The quantitative estimate of drug-likeness (QED) is 0.0695. The van der Waals surface area contributed by atoms with Gasteiger partial charge in [-0.05, 0) is 57.3 Å². The molecule has 54 heavy (non-hydrogen) atoms. The molecule has 16 heteroatoms. The van der Waals surface area contributed by atoms with E-state index < -0.39 is 53.4 Å². The Hall–Kier alpha value is -5.10. The molecule has 10 N–H and O–H groups in total. The van der Waals surface area contributed by atoms with Gasteiger partial charge in [0.15, 0.2) is 9.49 Å². The van der Waals surface area contributed by atoms with Crippen LogP contribution in [0.5, 0.6) is 0 Å². The van der Waals surface area contributed by atoms with Gasteiger partial charge in [0, 0.05) is 11.1 Å². The first kappa shape index (κ1) is 38.6. The maximum atomic E-state index is 13.7. The predicted octanol–water partition coefficient (Wildman–Crippen LogP) is 3.64. The molecule has 4 unspecified atom stereocenters. The molecule has 4 atom stereocenters. The summed E-state index contributed by atoms with van der Waals surface area (Å²) in [5.41, 5.74) is 0.904. The first-order chi connectivity index (χ1) is 25.6. The Kier molecular flexibility index (Phi) is 9.98. The number of fused-ring (bicyclic) bond motifs is 2. The fourth-order valence-electron chi connectivity index (χ4n) is 8.20. The SMILES string of the molecule is CCCc1cc(-c2ccc(C3(S(=O)(=O)O)c4ccccc4C(=N)/C(=N\N)C3O)c(CCC)c2)ccc1C1(S(=O)(=O)O)c2ccccc2C(=N)/C(=N/N)C1O. The molecule has 0 spiro atoms. The summed E-state index contributed by atoms with van der Waals surface area (Å²) >= 11 is 0. The highest BCUT2D eigenvalue weighted by atomic mass is 32.2. The molecular weight excluding hydrogens is 733 g/mol. The highest BCUT2D eigenvalue weighted by Gasteiger charge is 2.61. The molecule has 2 aliphatic rings. The van der Waals surface area contributed by atoms with E-state index in [1.807, 2.05) is 13.8 Å². The zero-order chi connectivity index (χ0) is 39.4. The van der Waals surface area contributed by atoms with Gasteiger partial charge in [-0.3, -0.25) is 19.9 Å². The molecule has 0 aromatic heterocycles. The summed E-state index contributed by atoms with van der Waals surface area (Å²) < 4.78 is 71.8. The molecule has 14 nitrogen and oxygen atoms in total. The van der Waals surface area contributed by atoms with Gasteiger partial charge in [-0.1, -0.05) is 112 Å². The number of benzene rings is 4. The number of rotatable bonds is 9. The fourth-order valence-corrected chi connectivity index (χ4v) is 10.8. The van der Waals surface area contributed by atoms with E-state index in [9.17, 15) is 36.2 Å². The third-order valence-corrected chi connectivity index (χ3v) is 13.4. The van der Waals surface area contributed by atoms with Crippen LogP contribution in [0.15, 0.2) is 95.1 Å². The number of nitrogens with two attached hydrogens (primary N) is 2. The molecule has 0 saturated carbocycles. The molecule has 6 rings (SSSR count). The van der Waals surface area contributed by atoms with Crippen molar-refractivity contribution in [3.05, 3.63) is 129 Å². The number of nitrogens with zero attached hydrogens (tertiary/aromatic N) is 2. The second kappa shape index (κ2) is 14.0. The zero-order valence-electron chi connectivity index (χ0n) is 29.4. The van der Waals surface area contributed by atoms with Gasteiger partial charge in [0.1, 0.15) is 23.6 Å². The molecule has 4 aromatic rings. The Balaban J connectivity index is 1.62. The monoisotopic (exact) mass is 772 g/mol. The van der Waals surface area contributed by atoms with Gasteiger partial charge in [-0.15, -0.1) is 0 Å². The van der Waals surface area contributed by atoms with Crippen LogP contribution in [0.4, 0.5) is 0 Å². The molecule has 282 valence electrons. The van der Waals surface area contributed by atoms with E-state index in [2.05, 4.69) is 10.2 Å². The van der Waals surface area contributed by atoms with Gasteiger partial charge >= 0.3 is 0 Å². The maximum Gasteiger partial charge on any atom is 0.282 e. The fraction of sp³-hybridized carbons (Fsp3) is 0.263.